The van der Waals surface area contributed by atoms with Gasteiger partial charge < -0.3 is 19.7 Å². The zero-order valence-electron chi connectivity index (χ0n) is 20.5. The summed E-state index contributed by atoms with van der Waals surface area (Å²) in [5.41, 5.74) is 4.51. The third-order valence-electron chi connectivity index (χ3n) is 6.28. The van der Waals surface area contributed by atoms with Gasteiger partial charge in [-0.1, -0.05) is 5.16 Å². The molecule has 4 aromatic rings. The first-order chi connectivity index (χ1) is 17.0. The first-order valence-corrected chi connectivity index (χ1v) is 12.4. The molecule has 0 aliphatic carbocycles. The Hall–Kier alpha value is -2.92. The van der Waals surface area contributed by atoms with E-state index in [1.807, 2.05) is 35.9 Å². The van der Waals surface area contributed by atoms with Gasteiger partial charge in [0.25, 0.3) is 0 Å². The van der Waals surface area contributed by atoms with E-state index in [1.165, 1.54) is 12.1 Å². The van der Waals surface area contributed by atoms with E-state index in [0.717, 1.165) is 45.3 Å². The maximum Gasteiger partial charge on any atom is 0.200 e. The number of hydrogen-bond donors (Lipinski definition) is 1. The maximum atomic E-state index is 8.88. The van der Waals surface area contributed by atoms with Crippen LogP contribution in [-0.4, -0.2) is 81.7 Å². The summed E-state index contributed by atoms with van der Waals surface area (Å²) in [5, 5.41) is 23.5. The number of aromatic nitrogens is 4. The monoisotopic (exact) mass is 527 g/mol. The molecule has 0 saturated carbocycles. The van der Waals surface area contributed by atoms with Gasteiger partial charge in [-0.15, -0.1) is 22.6 Å². The van der Waals surface area contributed by atoms with Crippen LogP contribution in [0.15, 0.2) is 64.0 Å². The zero-order chi connectivity index (χ0) is 24.4. The van der Waals surface area contributed by atoms with Crippen molar-refractivity contribution in [1.82, 2.24) is 24.5 Å². The molecule has 1 aromatic carbocycles. The molecule has 1 atom stereocenters. The van der Waals surface area contributed by atoms with Crippen LogP contribution in [0.5, 0.6) is 0 Å². The largest absolute Gasteiger partial charge is 0.393 e. The Morgan fingerprint density at radius 3 is 2.86 bits per heavy atom. The number of aliphatic hydroxyl groups excluding tert-OH is 1. The fourth-order valence-electron chi connectivity index (χ4n) is 4.23. The highest BCUT2D eigenvalue weighted by Gasteiger charge is 2.24. The minimum absolute atomic E-state index is 0. The van der Waals surface area contributed by atoms with Crippen LogP contribution < -0.4 is 4.90 Å². The van der Waals surface area contributed by atoms with Gasteiger partial charge in [-0.3, -0.25) is 9.38 Å². The van der Waals surface area contributed by atoms with Crippen molar-refractivity contribution in [2.75, 3.05) is 45.3 Å². The molecule has 1 aliphatic heterocycles. The molecule has 3 aromatic heterocycles. The van der Waals surface area contributed by atoms with Crippen molar-refractivity contribution in [2.45, 2.75) is 29.4 Å². The smallest absolute Gasteiger partial charge is 0.200 e. The van der Waals surface area contributed by atoms with Gasteiger partial charge >= 0.3 is 0 Å². The number of pyridine rings is 2. The second kappa shape index (κ2) is 11.4. The molecule has 1 aliphatic rings. The Bertz CT molecular complexity index is 1380. The average Bonchev–Trinajstić information content (AvgIpc) is 3.51. The third kappa shape index (κ3) is 5.57. The summed E-state index contributed by atoms with van der Waals surface area (Å²) in [6.07, 6.45) is 5.10. The number of hydrogen-bond acceptors (Lipinski definition) is 9. The van der Waals surface area contributed by atoms with Crippen molar-refractivity contribution >= 4 is 52.1 Å². The van der Waals surface area contributed by atoms with Crippen LogP contribution in [0.3, 0.4) is 0 Å². The Balaban J connectivity index is 0.00000304. The lowest BCUT2D eigenvalue weighted by Gasteiger charge is -2.21. The van der Waals surface area contributed by atoms with Gasteiger partial charge in [-0.2, -0.15) is 0 Å². The van der Waals surface area contributed by atoms with Crippen molar-refractivity contribution in [3.8, 4) is 0 Å². The summed E-state index contributed by atoms with van der Waals surface area (Å²) in [6, 6.07) is 12.9. The molecule has 4 heterocycles. The maximum absolute atomic E-state index is 8.88. The molecule has 0 bridgehead atoms. The molecule has 0 amide bonds. The highest BCUT2D eigenvalue weighted by molar-refractivity contribution is 7.99. The number of halogens is 1. The molecule has 190 valence electrons. The topological polar surface area (TPSA) is 91.4 Å². The fraction of sp³-hybridized carbons (Fsp3) is 0.360. The standard InChI is InChI=1S/C25H29N7O2S.ClH/c1-17(29-34-11-10-33)18-4-7-24-27-28-25(32(24)15-18)35-22-5-6-23-19(13-22)12-21(14-26-23)31-9-8-20(16-31)30(2)3;/h4-7,12-15,20,33H,8-11,16H2,1-3H3;1H. The van der Waals surface area contributed by atoms with Gasteiger partial charge in [-0.05, 0) is 75.6 Å². The molecule has 5 rings (SSSR count). The number of aliphatic hydroxyl groups is 1. The molecular weight excluding hydrogens is 498 g/mol. The molecule has 0 radical (unpaired) electrons. The normalized spacial score (nSPS) is 16.2. The van der Waals surface area contributed by atoms with E-state index in [0.29, 0.717) is 11.8 Å². The molecule has 9 nitrogen and oxygen atoms in total. The number of nitrogens with zero attached hydrogens (tertiary/aromatic N) is 7. The van der Waals surface area contributed by atoms with E-state index in [2.05, 4.69) is 63.5 Å². The van der Waals surface area contributed by atoms with Crippen molar-refractivity contribution in [3.63, 3.8) is 0 Å². The van der Waals surface area contributed by atoms with Gasteiger partial charge in [0.15, 0.2) is 10.8 Å². The lowest BCUT2D eigenvalue weighted by Crippen LogP contribution is -2.31. The summed E-state index contributed by atoms with van der Waals surface area (Å²) in [4.78, 5) is 15.6. The van der Waals surface area contributed by atoms with Crippen molar-refractivity contribution in [1.29, 1.82) is 0 Å². The van der Waals surface area contributed by atoms with Crippen LogP contribution in [0, 0.1) is 0 Å². The summed E-state index contributed by atoms with van der Waals surface area (Å²) < 4.78 is 1.95. The number of fused-ring (bicyclic) bond motifs is 2. The van der Waals surface area contributed by atoms with Crippen LogP contribution in [0.1, 0.15) is 18.9 Å². The van der Waals surface area contributed by atoms with Gasteiger partial charge in [0.2, 0.25) is 0 Å². The predicted molar refractivity (Wildman–Crippen MR) is 146 cm³/mol. The molecule has 1 N–H and O–H groups in total. The van der Waals surface area contributed by atoms with Crippen molar-refractivity contribution in [3.05, 3.63) is 54.4 Å². The minimum Gasteiger partial charge on any atom is -0.393 e. The molecule has 11 heteroatoms. The molecule has 1 fully saturated rings. The second-order valence-electron chi connectivity index (χ2n) is 8.86. The number of anilines is 1. The predicted octanol–water partition coefficient (Wildman–Crippen LogP) is 3.72. The van der Waals surface area contributed by atoms with Gasteiger partial charge in [0.05, 0.1) is 29.7 Å². The van der Waals surface area contributed by atoms with E-state index >= 15 is 0 Å². The highest BCUT2D eigenvalue weighted by Crippen LogP contribution is 2.31. The average molecular weight is 528 g/mol. The Labute approximate surface area is 220 Å². The number of likely N-dealkylation sites (N-methyl/N-ethyl adjacent to an activating group) is 1. The van der Waals surface area contributed by atoms with Gasteiger partial charge in [-0.25, -0.2) is 0 Å². The summed E-state index contributed by atoms with van der Waals surface area (Å²) in [5.74, 6) is 0. The number of benzene rings is 1. The SMILES string of the molecule is CC(=NOCCO)c1ccc2nnc(Sc3ccc4ncc(N5CCC(N(C)C)C5)cc4c3)n2c1.Cl. The highest BCUT2D eigenvalue weighted by atomic mass is 35.5. The van der Waals surface area contributed by atoms with Gasteiger partial charge in [0, 0.05) is 41.2 Å². The van der Waals surface area contributed by atoms with Crippen LogP contribution in [0.2, 0.25) is 0 Å². The molecule has 1 saturated heterocycles. The first-order valence-electron chi connectivity index (χ1n) is 11.6. The molecule has 0 spiro atoms. The molecular formula is C25H30ClN7O2S. The van der Waals surface area contributed by atoms with Crippen LogP contribution in [0.4, 0.5) is 5.69 Å². The summed E-state index contributed by atoms with van der Waals surface area (Å²) in [6.45, 7) is 4.03. The third-order valence-corrected chi connectivity index (χ3v) is 7.23. The lowest BCUT2D eigenvalue weighted by molar-refractivity contribution is 0.0986. The van der Waals surface area contributed by atoms with Crippen molar-refractivity contribution < 1.29 is 9.94 Å². The quantitative estimate of drug-likeness (QED) is 0.210. The molecule has 1 unspecified atom stereocenters. The fourth-order valence-corrected chi connectivity index (χ4v) is 5.09. The van der Waals surface area contributed by atoms with E-state index in [4.69, 9.17) is 14.9 Å². The minimum atomic E-state index is -0.0700. The van der Waals surface area contributed by atoms with E-state index in [1.54, 1.807) is 11.8 Å². The first kappa shape index (κ1) is 26.2. The Kier molecular flexibility index (Phi) is 8.30. The zero-order valence-corrected chi connectivity index (χ0v) is 22.2. The summed E-state index contributed by atoms with van der Waals surface area (Å²) >= 11 is 1.56. The number of rotatable bonds is 8. The van der Waals surface area contributed by atoms with Crippen LogP contribution in [0.25, 0.3) is 16.6 Å². The second-order valence-corrected chi connectivity index (χ2v) is 9.90. The molecule has 36 heavy (non-hydrogen) atoms. The summed E-state index contributed by atoms with van der Waals surface area (Å²) in [7, 11) is 4.29. The van der Waals surface area contributed by atoms with E-state index in [-0.39, 0.29) is 25.6 Å². The van der Waals surface area contributed by atoms with Crippen LogP contribution >= 0.6 is 24.2 Å². The van der Waals surface area contributed by atoms with E-state index < -0.39 is 0 Å². The Morgan fingerprint density at radius 2 is 2.08 bits per heavy atom. The van der Waals surface area contributed by atoms with Crippen LogP contribution in [-0.2, 0) is 4.84 Å². The Morgan fingerprint density at radius 1 is 1.22 bits per heavy atom. The van der Waals surface area contributed by atoms with Gasteiger partial charge in [0.1, 0.15) is 6.61 Å². The lowest BCUT2D eigenvalue weighted by atomic mass is 10.2. The number of oxime groups is 1. The van der Waals surface area contributed by atoms with E-state index in [9.17, 15) is 0 Å². The van der Waals surface area contributed by atoms with Crippen molar-refractivity contribution in [2.24, 2.45) is 5.16 Å².